The molecule has 1 fully saturated rings. The number of methoxy groups -OCH3 is 2. The average Bonchev–Trinajstić information content (AvgIpc) is 2.80. The van der Waals surface area contributed by atoms with E-state index < -0.39 is 28.9 Å². The number of amides is 1. The highest BCUT2D eigenvalue weighted by molar-refractivity contribution is 8.00. The number of thioether (sulfide) groups is 1. The summed E-state index contributed by atoms with van der Waals surface area (Å²) in [4.78, 5) is 38.5. The van der Waals surface area contributed by atoms with Crippen molar-refractivity contribution in [1.29, 1.82) is 0 Å². The number of nitrogens with two attached hydrogens (primary N) is 1. The molecule has 1 amide bonds. The van der Waals surface area contributed by atoms with Gasteiger partial charge in [-0.2, -0.15) is 0 Å². The number of benzene rings is 1. The molecular formula is C21H26N2O8S. The van der Waals surface area contributed by atoms with Gasteiger partial charge in [0, 0.05) is 25.4 Å². The van der Waals surface area contributed by atoms with Crippen LogP contribution in [0.2, 0.25) is 0 Å². The molecule has 11 heteroatoms. The van der Waals surface area contributed by atoms with Crippen molar-refractivity contribution >= 4 is 29.6 Å². The highest BCUT2D eigenvalue weighted by Crippen LogP contribution is 2.45. The summed E-state index contributed by atoms with van der Waals surface area (Å²) in [6, 6.07) is 7.04. The molecule has 0 spiro atoms. The van der Waals surface area contributed by atoms with Gasteiger partial charge in [0.15, 0.2) is 0 Å². The Bertz CT molecular complexity index is 904. The molecule has 0 aliphatic carbocycles. The lowest BCUT2D eigenvalue weighted by Gasteiger charge is -2.54. The molecule has 3 rings (SSSR count). The minimum absolute atomic E-state index is 0.00881. The van der Waals surface area contributed by atoms with Gasteiger partial charge in [-0.1, -0.05) is 12.1 Å². The first kappa shape index (κ1) is 24.1. The summed E-state index contributed by atoms with van der Waals surface area (Å²) < 4.78 is 26.2. The van der Waals surface area contributed by atoms with Gasteiger partial charge in [0.1, 0.15) is 30.0 Å². The van der Waals surface area contributed by atoms with Gasteiger partial charge >= 0.3 is 11.9 Å². The van der Waals surface area contributed by atoms with E-state index in [1.165, 1.54) is 30.7 Å². The molecular weight excluding hydrogens is 440 g/mol. The van der Waals surface area contributed by atoms with Crippen LogP contribution in [0.4, 0.5) is 0 Å². The Labute approximate surface area is 189 Å². The van der Waals surface area contributed by atoms with Crippen LogP contribution < -0.4 is 10.5 Å². The van der Waals surface area contributed by atoms with Crippen LogP contribution in [0.15, 0.2) is 35.5 Å². The van der Waals surface area contributed by atoms with E-state index in [9.17, 15) is 14.4 Å². The van der Waals surface area contributed by atoms with Crippen LogP contribution in [-0.4, -0.2) is 73.6 Å². The average molecular weight is 467 g/mol. The molecule has 0 saturated carbocycles. The number of nitrogens with zero attached hydrogens (tertiary/aromatic N) is 1. The Morgan fingerprint density at radius 1 is 1.16 bits per heavy atom. The molecule has 2 heterocycles. The minimum atomic E-state index is -1.57. The molecule has 1 saturated heterocycles. The Balaban J connectivity index is 1.78. The molecule has 1 aromatic carbocycles. The van der Waals surface area contributed by atoms with Crippen LogP contribution in [0.1, 0.15) is 12.5 Å². The van der Waals surface area contributed by atoms with Gasteiger partial charge in [0.25, 0.3) is 5.91 Å². The predicted molar refractivity (Wildman–Crippen MR) is 114 cm³/mol. The molecule has 32 heavy (non-hydrogen) atoms. The van der Waals surface area contributed by atoms with Crippen LogP contribution in [-0.2, 0) is 39.9 Å². The highest BCUT2D eigenvalue weighted by Gasteiger charge is 2.64. The number of esters is 2. The van der Waals surface area contributed by atoms with Crippen LogP contribution in [0, 0.1) is 0 Å². The summed E-state index contributed by atoms with van der Waals surface area (Å²) in [6.45, 7) is 1.53. The molecule has 0 unspecified atom stereocenters. The SMILES string of the molecule is COCCO[C@]1(N)C(=O)N2C(C(=O)OCc3ccc(OC)cc3)=C(COC(C)=O)CS[C@@H]21. The zero-order chi connectivity index (χ0) is 23.3. The second-order valence-electron chi connectivity index (χ2n) is 7.13. The molecule has 10 nitrogen and oxygen atoms in total. The summed E-state index contributed by atoms with van der Waals surface area (Å²) in [7, 11) is 3.07. The minimum Gasteiger partial charge on any atom is -0.497 e. The standard InChI is InChI=1S/C21H26N2O8S/c1-13(24)29-11-15-12-32-20-21(22,31-9-8-27-2)19(26)23(20)17(15)18(25)30-10-14-4-6-16(28-3)7-5-14/h4-7,20H,8-12,22H2,1-3H3/t20-,21-/m1/s1. The van der Waals surface area contributed by atoms with E-state index in [2.05, 4.69) is 0 Å². The Kier molecular flexibility index (Phi) is 7.77. The van der Waals surface area contributed by atoms with Gasteiger partial charge in [-0.15, -0.1) is 11.8 Å². The Morgan fingerprint density at radius 2 is 1.88 bits per heavy atom. The molecule has 1 aromatic rings. The van der Waals surface area contributed by atoms with Crippen LogP contribution in [0.25, 0.3) is 0 Å². The third-order valence-corrected chi connectivity index (χ3v) is 6.34. The van der Waals surface area contributed by atoms with Gasteiger partial charge in [-0.05, 0) is 17.7 Å². The van der Waals surface area contributed by atoms with Gasteiger partial charge in [-0.25, -0.2) is 4.79 Å². The number of hydrogen-bond acceptors (Lipinski definition) is 10. The zero-order valence-corrected chi connectivity index (χ0v) is 18.9. The third-order valence-electron chi connectivity index (χ3n) is 4.95. The maximum Gasteiger partial charge on any atom is 0.355 e. The normalized spacial score (nSPS) is 22.2. The molecule has 2 N–H and O–H groups in total. The predicted octanol–water partition coefficient (Wildman–Crippen LogP) is 0.789. The fourth-order valence-electron chi connectivity index (χ4n) is 3.27. The van der Waals surface area contributed by atoms with Crippen LogP contribution in [0.3, 0.4) is 0 Å². The second kappa shape index (κ2) is 10.3. The van der Waals surface area contributed by atoms with Crippen molar-refractivity contribution in [2.45, 2.75) is 24.6 Å². The summed E-state index contributed by atoms with van der Waals surface area (Å²) in [5, 5.41) is -0.614. The van der Waals surface area contributed by atoms with Crippen molar-refractivity contribution in [3.8, 4) is 5.75 Å². The number of fused-ring (bicyclic) bond motifs is 1. The van der Waals surface area contributed by atoms with Gasteiger partial charge in [-0.3, -0.25) is 20.2 Å². The fraction of sp³-hybridized carbons (Fsp3) is 0.476. The molecule has 0 aromatic heterocycles. The number of carbonyl (C=O) groups excluding carboxylic acids is 3. The number of β-lactam (4-membered cyclic amide) rings is 1. The third kappa shape index (κ3) is 4.90. The van der Waals surface area contributed by atoms with Crippen molar-refractivity contribution < 1.29 is 38.1 Å². The Hall–Kier alpha value is -2.60. The monoisotopic (exact) mass is 466 g/mol. The number of rotatable bonds is 10. The van der Waals surface area contributed by atoms with Gasteiger partial charge in [0.05, 0.1) is 20.3 Å². The molecule has 2 atom stereocenters. The van der Waals surface area contributed by atoms with E-state index >= 15 is 0 Å². The van der Waals surface area contributed by atoms with E-state index in [4.69, 9.17) is 29.4 Å². The summed E-state index contributed by atoms with van der Waals surface area (Å²) in [5.41, 5.74) is 5.87. The van der Waals surface area contributed by atoms with E-state index in [0.717, 1.165) is 5.56 Å². The summed E-state index contributed by atoms with van der Waals surface area (Å²) in [5.74, 6) is -0.774. The maximum absolute atomic E-state index is 13.0. The molecule has 2 aliphatic heterocycles. The van der Waals surface area contributed by atoms with Crippen LogP contribution in [0.5, 0.6) is 5.75 Å². The van der Waals surface area contributed by atoms with E-state index in [0.29, 0.717) is 17.1 Å². The van der Waals surface area contributed by atoms with Crippen LogP contribution >= 0.6 is 11.8 Å². The number of ether oxygens (including phenoxy) is 5. The smallest absolute Gasteiger partial charge is 0.355 e. The van der Waals surface area contributed by atoms with Crippen molar-refractivity contribution in [3.05, 3.63) is 41.1 Å². The van der Waals surface area contributed by atoms with Crippen molar-refractivity contribution in [2.75, 3.05) is 39.8 Å². The van der Waals surface area contributed by atoms with Gasteiger partial charge in [0.2, 0.25) is 5.72 Å². The largest absolute Gasteiger partial charge is 0.497 e. The highest BCUT2D eigenvalue weighted by atomic mass is 32.2. The first-order chi connectivity index (χ1) is 15.3. The lowest BCUT2D eigenvalue weighted by molar-refractivity contribution is -0.191. The van der Waals surface area contributed by atoms with Crippen molar-refractivity contribution in [3.63, 3.8) is 0 Å². The summed E-state index contributed by atoms with van der Waals surface area (Å²) >= 11 is 1.32. The quantitative estimate of drug-likeness (QED) is 0.229. The number of carbonyl (C=O) groups is 3. The first-order valence-electron chi connectivity index (χ1n) is 9.84. The molecule has 174 valence electrons. The van der Waals surface area contributed by atoms with Crippen molar-refractivity contribution in [2.24, 2.45) is 5.73 Å². The number of hydrogen-bond donors (Lipinski definition) is 1. The summed E-state index contributed by atoms with van der Waals surface area (Å²) in [6.07, 6.45) is 0. The Morgan fingerprint density at radius 3 is 2.50 bits per heavy atom. The van der Waals surface area contributed by atoms with E-state index in [-0.39, 0.29) is 32.1 Å². The van der Waals surface area contributed by atoms with Gasteiger partial charge < -0.3 is 23.7 Å². The molecule has 2 aliphatic rings. The topological polar surface area (TPSA) is 127 Å². The van der Waals surface area contributed by atoms with E-state index in [1.807, 2.05) is 0 Å². The fourth-order valence-corrected chi connectivity index (χ4v) is 4.61. The second-order valence-corrected chi connectivity index (χ2v) is 8.20. The molecule has 0 radical (unpaired) electrons. The van der Waals surface area contributed by atoms with Crippen molar-refractivity contribution in [1.82, 2.24) is 4.90 Å². The lowest BCUT2D eigenvalue weighted by Crippen LogP contribution is -2.79. The lowest BCUT2D eigenvalue weighted by atomic mass is 9.99. The van der Waals surface area contributed by atoms with E-state index in [1.54, 1.807) is 31.4 Å². The molecule has 0 bridgehead atoms. The first-order valence-corrected chi connectivity index (χ1v) is 10.9. The zero-order valence-electron chi connectivity index (χ0n) is 18.1. The maximum atomic E-state index is 13.0.